The Morgan fingerprint density at radius 3 is 2.70 bits per heavy atom. The first kappa shape index (κ1) is 16.8. The van der Waals surface area contributed by atoms with Gasteiger partial charge in [0.05, 0.1) is 12.3 Å². The molecule has 3 heterocycles. The molecule has 0 bridgehead atoms. The number of benzene rings is 2. The molecule has 0 aromatic heterocycles. The Morgan fingerprint density at radius 2 is 1.78 bits per heavy atom. The minimum Gasteiger partial charge on any atom is -0.494 e. The van der Waals surface area contributed by atoms with Gasteiger partial charge in [0, 0.05) is 30.8 Å². The second kappa shape index (κ2) is 7.35. The van der Waals surface area contributed by atoms with Crippen LogP contribution in [0.25, 0.3) is 0 Å². The maximum Gasteiger partial charge on any atom is 0.137 e. The fourth-order valence-electron chi connectivity index (χ4n) is 4.46. The van der Waals surface area contributed by atoms with E-state index in [1.54, 1.807) is 0 Å². The lowest BCUT2D eigenvalue weighted by molar-refractivity contribution is 0.205. The molecule has 0 radical (unpaired) electrons. The fourth-order valence-corrected chi connectivity index (χ4v) is 4.46. The Kier molecular flexibility index (Phi) is 4.58. The summed E-state index contributed by atoms with van der Waals surface area (Å²) in [5.41, 5.74) is 5.00. The number of hydrogen-bond donors (Lipinski definition) is 0. The second-order valence-corrected chi connectivity index (χ2v) is 7.84. The third kappa shape index (κ3) is 3.46. The van der Waals surface area contributed by atoms with Crippen molar-refractivity contribution in [3.63, 3.8) is 0 Å². The van der Waals surface area contributed by atoms with E-state index in [0.29, 0.717) is 0 Å². The molecule has 4 heteroatoms. The Hall–Kier alpha value is -2.33. The van der Waals surface area contributed by atoms with Crippen molar-refractivity contribution in [3.05, 3.63) is 59.2 Å². The number of hydrogen-bond acceptors (Lipinski definition) is 4. The van der Waals surface area contributed by atoms with Crippen LogP contribution in [0, 0.1) is 0 Å². The molecular formula is C23H27N3O. The molecule has 0 aliphatic carbocycles. The summed E-state index contributed by atoms with van der Waals surface area (Å²) in [4.78, 5) is 9.87. The summed E-state index contributed by atoms with van der Waals surface area (Å²) in [5, 5.41) is 0. The minimum atomic E-state index is 0.791. The molecule has 1 fully saturated rings. The standard InChI is InChI=1S/C23H27N3O/c1-4-11-25(12-5-1)13-6-14-27-20-9-10-22-19(15-20)17-26-16-18-7-2-3-8-21(18)23(26)24-22/h2-3,7-10,15H,1,4-6,11-14,16-17H2. The van der Waals surface area contributed by atoms with Crippen LogP contribution in [0.5, 0.6) is 5.75 Å². The van der Waals surface area contributed by atoms with Gasteiger partial charge in [-0.25, -0.2) is 4.99 Å². The summed E-state index contributed by atoms with van der Waals surface area (Å²) in [7, 11) is 0. The third-order valence-electron chi connectivity index (χ3n) is 5.89. The average Bonchev–Trinajstić information content (AvgIpc) is 3.07. The van der Waals surface area contributed by atoms with Gasteiger partial charge in [-0.1, -0.05) is 30.7 Å². The van der Waals surface area contributed by atoms with Crippen molar-refractivity contribution in [2.45, 2.75) is 38.8 Å². The summed E-state index contributed by atoms with van der Waals surface area (Å²) in [6.07, 6.45) is 5.21. The molecule has 0 saturated carbocycles. The highest BCUT2D eigenvalue weighted by atomic mass is 16.5. The van der Waals surface area contributed by atoms with Crippen molar-refractivity contribution < 1.29 is 4.74 Å². The largest absolute Gasteiger partial charge is 0.494 e. The third-order valence-corrected chi connectivity index (χ3v) is 5.89. The molecule has 0 spiro atoms. The summed E-state index contributed by atoms with van der Waals surface area (Å²) in [6.45, 7) is 6.33. The highest BCUT2D eigenvalue weighted by Gasteiger charge is 2.28. The van der Waals surface area contributed by atoms with Crippen LogP contribution in [0.1, 0.15) is 42.4 Å². The van der Waals surface area contributed by atoms with Crippen LogP contribution in [0.4, 0.5) is 5.69 Å². The molecule has 3 aliphatic rings. The molecule has 3 aliphatic heterocycles. The molecule has 5 rings (SSSR count). The van der Waals surface area contributed by atoms with Crippen LogP contribution in [0.2, 0.25) is 0 Å². The van der Waals surface area contributed by atoms with Crippen LogP contribution >= 0.6 is 0 Å². The smallest absolute Gasteiger partial charge is 0.137 e. The van der Waals surface area contributed by atoms with E-state index in [1.807, 2.05) is 0 Å². The molecule has 2 aromatic rings. The Morgan fingerprint density at radius 1 is 0.926 bits per heavy atom. The molecule has 0 unspecified atom stereocenters. The minimum absolute atomic E-state index is 0.791. The molecule has 0 amide bonds. The quantitative estimate of drug-likeness (QED) is 0.741. The second-order valence-electron chi connectivity index (χ2n) is 7.84. The number of likely N-dealkylation sites (tertiary alicyclic amines) is 1. The first-order valence-corrected chi connectivity index (χ1v) is 10.3. The van der Waals surface area contributed by atoms with Crippen molar-refractivity contribution in [2.24, 2.45) is 4.99 Å². The van der Waals surface area contributed by atoms with Gasteiger partial charge >= 0.3 is 0 Å². The van der Waals surface area contributed by atoms with Crippen LogP contribution < -0.4 is 4.74 Å². The van der Waals surface area contributed by atoms with Gasteiger partial charge in [0.1, 0.15) is 11.6 Å². The summed E-state index contributed by atoms with van der Waals surface area (Å²) in [5.74, 6) is 2.09. The van der Waals surface area contributed by atoms with E-state index in [4.69, 9.17) is 9.73 Å². The normalized spacial score (nSPS) is 18.5. The van der Waals surface area contributed by atoms with E-state index >= 15 is 0 Å². The number of nitrogens with zero attached hydrogens (tertiary/aromatic N) is 3. The fraction of sp³-hybridized carbons (Fsp3) is 0.435. The van der Waals surface area contributed by atoms with Crippen molar-refractivity contribution in [3.8, 4) is 5.75 Å². The molecule has 1 saturated heterocycles. The number of aliphatic imine (C=N–C) groups is 1. The molecule has 140 valence electrons. The van der Waals surface area contributed by atoms with Gasteiger partial charge in [0.2, 0.25) is 0 Å². The zero-order valence-corrected chi connectivity index (χ0v) is 15.9. The summed E-state index contributed by atoms with van der Waals surface area (Å²) < 4.78 is 6.04. The Bertz CT molecular complexity index is 854. The molecule has 0 atom stereocenters. The van der Waals surface area contributed by atoms with Gasteiger partial charge in [0.25, 0.3) is 0 Å². The molecule has 0 N–H and O–H groups in total. The number of ether oxygens (including phenoxy) is 1. The average molecular weight is 361 g/mol. The predicted octanol–water partition coefficient (Wildman–Crippen LogP) is 4.35. The van der Waals surface area contributed by atoms with E-state index < -0.39 is 0 Å². The van der Waals surface area contributed by atoms with Gasteiger partial charge in [0.15, 0.2) is 0 Å². The van der Waals surface area contributed by atoms with Crippen LogP contribution in [0.15, 0.2) is 47.5 Å². The van der Waals surface area contributed by atoms with Gasteiger partial charge in [-0.15, -0.1) is 0 Å². The van der Waals surface area contributed by atoms with Crippen molar-refractivity contribution in [2.75, 3.05) is 26.2 Å². The molecule has 4 nitrogen and oxygen atoms in total. The van der Waals surface area contributed by atoms with E-state index in [-0.39, 0.29) is 0 Å². The zero-order chi connectivity index (χ0) is 18.1. The lowest BCUT2D eigenvalue weighted by Crippen LogP contribution is -2.31. The number of piperidine rings is 1. The van der Waals surface area contributed by atoms with E-state index in [2.05, 4.69) is 52.3 Å². The van der Waals surface area contributed by atoms with Crippen LogP contribution in [-0.4, -0.2) is 41.9 Å². The van der Waals surface area contributed by atoms with Crippen molar-refractivity contribution in [1.82, 2.24) is 9.80 Å². The van der Waals surface area contributed by atoms with Gasteiger partial charge in [-0.2, -0.15) is 0 Å². The SMILES string of the molecule is c1ccc2c(c1)CN1Cc3cc(OCCCN4CCCCC4)ccc3N=C21. The zero-order valence-electron chi connectivity index (χ0n) is 15.9. The highest BCUT2D eigenvalue weighted by molar-refractivity contribution is 6.04. The van der Waals surface area contributed by atoms with Gasteiger partial charge in [-0.3, -0.25) is 0 Å². The lowest BCUT2D eigenvalue weighted by atomic mass is 10.1. The van der Waals surface area contributed by atoms with Crippen molar-refractivity contribution in [1.29, 1.82) is 0 Å². The number of amidine groups is 1. The first-order chi connectivity index (χ1) is 13.4. The number of fused-ring (bicyclic) bond motifs is 4. The number of rotatable bonds is 5. The van der Waals surface area contributed by atoms with Crippen LogP contribution in [-0.2, 0) is 13.1 Å². The van der Waals surface area contributed by atoms with Gasteiger partial charge in [-0.05, 0) is 56.1 Å². The van der Waals surface area contributed by atoms with E-state index in [1.165, 1.54) is 49.0 Å². The highest BCUT2D eigenvalue weighted by Crippen LogP contribution is 2.35. The Balaban J connectivity index is 1.22. The van der Waals surface area contributed by atoms with Crippen molar-refractivity contribution >= 4 is 11.5 Å². The first-order valence-electron chi connectivity index (χ1n) is 10.3. The Labute approximate surface area is 161 Å². The summed E-state index contributed by atoms with van der Waals surface area (Å²) >= 11 is 0. The molecule has 2 aromatic carbocycles. The lowest BCUT2D eigenvalue weighted by Gasteiger charge is -2.26. The maximum absolute atomic E-state index is 6.04. The topological polar surface area (TPSA) is 28.1 Å². The van der Waals surface area contributed by atoms with E-state index in [9.17, 15) is 0 Å². The van der Waals surface area contributed by atoms with Gasteiger partial charge < -0.3 is 14.5 Å². The maximum atomic E-state index is 6.04. The molecule has 27 heavy (non-hydrogen) atoms. The van der Waals surface area contributed by atoms with E-state index in [0.717, 1.165) is 49.9 Å². The molecular weight excluding hydrogens is 334 g/mol. The van der Waals surface area contributed by atoms with Crippen LogP contribution in [0.3, 0.4) is 0 Å². The predicted molar refractivity (Wildman–Crippen MR) is 109 cm³/mol. The summed E-state index contributed by atoms with van der Waals surface area (Å²) in [6, 6.07) is 15.0. The monoisotopic (exact) mass is 361 g/mol.